The van der Waals surface area contributed by atoms with Crippen LogP contribution in [0.25, 0.3) is 0 Å². The summed E-state index contributed by atoms with van der Waals surface area (Å²) in [5.41, 5.74) is 0. The second kappa shape index (κ2) is 4.87. The number of hydrogen-bond donors (Lipinski definition) is 1. The van der Waals surface area contributed by atoms with E-state index in [1.165, 1.54) is 45.1 Å². The Bertz CT molecular complexity index is 267. The third-order valence-corrected chi connectivity index (χ3v) is 4.83. The number of nitrogens with zero attached hydrogens (tertiary/aromatic N) is 1. The van der Waals surface area contributed by atoms with Gasteiger partial charge >= 0.3 is 0 Å². The van der Waals surface area contributed by atoms with Crippen molar-refractivity contribution in [1.82, 2.24) is 10.2 Å². The maximum atomic E-state index is 5.45. The van der Waals surface area contributed by atoms with E-state index in [-0.39, 0.29) is 0 Å². The fourth-order valence-electron chi connectivity index (χ4n) is 3.73. The molecule has 98 valence electrons. The van der Waals surface area contributed by atoms with Crippen molar-refractivity contribution in [2.45, 2.75) is 75.7 Å². The number of ether oxygens (including phenoxy) is 1. The summed E-state index contributed by atoms with van der Waals surface area (Å²) in [7, 11) is 1.85. The van der Waals surface area contributed by atoms with E-state index in [1.807, 2.05) is 7.11 Å². The average molecular weight is 238 g/mol. The van der Waals surface area contributed by atoms with Crippen molar-refractivity contribution >= 4 is 0 Å². The van der Waals surface area contributed by atoms with E-state index in [4.69, 9.17) is 4.74 Å². The average Bonchev–Trinajstić information content (AvgIpc) is 2.95. The lowest BCUT2D eigenvalue weighted by atomic mass is 10.1. The molecule has 3 nitrogen and oxygen atoms in total. The van der Waals surface area contributed by atoms with Gasteiger partial charge in [0.1, 0.15) is 0 Å². The van der Waals surface area contributed by atoms with Crippen LogP contribution in [0, 0.1) is 0 Å². The molecule has 0 spiro atoms. The predicted molar refractivity (Wildman–Crippen MR) is 69.2 cm³/mol. The molecule has 1 saturated heterocycles. The molecule has 2 aliphatic carbocycles. The van der Waals surface area contributed by atoms with E-state index < -0.39 is 0 Å². The molecule has 0 aromatic heterocycles. The maximum absolute atomic E-state index is 5.45. The smallest absolute Gasteiger partial charge is 0.0586 e. The monoisotopic (exact) mass is 238 g/mol. The van der Waals surface area contributed by atoms with Crippen molar-refractivity contribution in [2.24, 2.45) is 0 Å². The molecule has 3 fully saturated rings. The summed E-state index contributed by atoms with van der Waals surface area (Å²) in [6.45, 7) is 3.67. The van der Waals surface area contributed by atoms with Gasteiger partial charge in [0.05, 0.1) is 6.10 Å². The molecule has 4 atom stereocenters. The number of likely N-dealkylation sites (tertiary alicyclic amines) is 1. The molecule has 3 aliphatic rings. The lowest BCUT2D eigenvalue weighted by molar-refractivity contribution is 0.106. The van der Waals surface area contributed by atoms with Gasteiger partial charge in [0, 0.05) is 37.8 Å². The van der Waals surface area contributed by atoms with Crippen molar-refractivity contribution in [3.05, 3.63) is 0 Å². The van der Waals surface area contributed by atoms with Gasteiger partial charge < -0.3 is 10.1 Å². The molecule has 17 heavy (non-hydrogen) atoms. The van der Waals surface area contributed by atoms with E-state index in [9.17, 15) is 0 Å². The van der Waals surface area contributed by atoms with Gasteiger partial charge in [-0.2, -0.15) is 0 Å². The highest BCUT2D eigenvalue weighted by Crippen LogP contribution is 2.34. The van der Waals surface area contributed by atoms with Crippen LogP contribution >= 0.6 is 0 Å². The Labute approximate surface area is 105 Å². The van der Waals surface area contributed by atoms with Gasteiger partial charge in [-0.3, -0.25) is 4.90 Å². The van der Waals surface area contributed by atoms with Gasteiger partial charge in [0.25, 0.3) is 0 Å². The highest BCUT2D eigenvalue weighted by molar-refractivity contribution is 4.97. The van der Waals surface area contributed by atoms with E-state index in [1.54, 1.807) is 0 Å². The lowest BCUT2D eigenvalue weighted by Crippen LogP contribution is -2.39. The van der Waals surface area contributed by atoms with E-state index in [0.717, 1.165) is 18.1 Å². The zero-order chi connectivity index (χ0) is 11.8. The fourth-order valence-corrected chi connectivity index (χ4v) is 3.73. The van der Waals surface area contributed by atoms with Crippen LogP contribution < -0.4 is 5.32 Å². The highest BCUT2D eigenvalue weighted by Gasteiger charge is 2.39. The van der Waals surface area contributed by atoms with Crippen molar-refractivity contribution < 1.29 is 4.74 Å². The molecule has 0 aromatic carbocycles. The Kier molecular flexibility index (Phi) is 3.42. The van der Waals surface area contributed by atoms with Crippen LogP contribution in [-0.4, -0.2) is 48.8 Å². The molecule has 3 heteroatoms. The minimum absolute atomic E-state index is 0.505. The van der Waals surface area contributed by atoms with Crippen LogP contribution in [0.15, 0.2) is 0 Å². The van der Waals surface area contributed by atoms with Crippen LogP contribution in [0.4, 0.5) is 0 Å². The summed E-state index contributed by atoms with van der Waals surface area (Å²) < 4.78 is 5.45. The van der Waals surface area contributed by atoms with E-state index >= 15 is 0 Å². The molecule has 0 amide bonds. The Hall–Kier alpha value is -0.120. The van der Waals surface area contributed by atoms with Crippen LogP contribution in [0.5, 0.6) is 0 Å². The molecule has 1 heterocycles. The van der Waals surface area contributed by atoms with Crippen molar-refractivity contribution in [2.75, 3.05) is 13.7 Å². The van der Waals surface area contributed by atoms with Crippen LogP contribution in [0.2, 0.25) is 0 Å². The van der Waals surface area contributed by atoms with Gasteiger partial charge in [0.2, 0.25) is 0 Å². The third-order valence-electron chi connectivity index (χ3n) is 4.83. The zero-order valence-corrected chi connectivity index (χ0v) is 11.2. The Balaban J connectivity index is 1.47. The standard InChI is InChI=1S/C14H26N2O/c1-10-7-12(9-16(10)13-4-5-13)15-11-3-6-14(8-11)17-2/h10-15H,3-9H2,1-2H3. The normalized spacial score (nSPS) is 43.4. The first kappa shape index (κ1) is 11.9. The Morgan fingerprint density at radius 1 is 1.06 bits per heavy atom. The first-order valence-electron chi connectivity index (χ1n) is 7.31. The second-order valence-electron chi connectivity index (χ2n) is 6.24. The van der Waals surface area contributed by atoms with Crippen molar-refractivity contribution in [3.63, 3.8) is 0 Å². The van der Waals surface area contributed by atoms with E-state index in [0.29, 0.717) is 12.1 Å². The second-order valence-corrected chi connectivity index (χ2v) is 6.24. The summed E-state index contributed by atoms with van der Waals surface area (Å²) >= 11 is 0. The molecular weight excluding hydrogens is 212 g/mol. The zero-order valence-electron chi connectivity index (χ0n) is 11.2. The summed E-state index contributed by atoms with van der Waals surface area (Å²) in [5.74, 6) is 0. The lowest BCUT2D eigenvalue weighted by Gasteiger charge is -2.21. The quantitative estimate of drug-likeness (QED) is 0.808. The highest BCUT2D eigenvalue weighted by atomic mass is 16.5. The van der Waals surface area contributed by atoms with Gasteiger partial charge in [0.15, 0.2) is 0 Å². The van der Waals surface area contributed by atoms with E-state index in [2.05, 4.69) is 17.1 Å². The molecule has 0 radical (unpaired) electrons. The number of nitrogens with one attached hydrogen (secondary N) is 1. The molecule has 1 aliphatic heterocycles. The van der Waals surface area contributed by atoms with Crippen molar-refractivity contribution in [1.29, 1.82) is 0 Å². The van der Waals surface area contributed by atoms with Gasteiger partial charge in [-0.15, -0.1) is 0 Å². The SMILES string of the molecule is COC1CCC(NC2CC(C)N(C3CC3)C2)C1. The third kappa shape index (κ3) is 2.67. The molecule has 4 unspecified atom stereocenters. The molecule has 3 rings (SSSR count). The first-order chi connectivity index (χ1) is 8.26. The minimum atomic E-state index is 0.505. The van der Waals surface area contributed by atoms with Crippen LogP contribution in [0.3, 0.4) is 0 Å². The van der Waals surface area contributed by atoms with Crippen molar-refractivity contribution in [3.8, 4) is 0 Å². The number of methoxy groups -OCH3 is 1. The van der Waals surface area contributed by atoms with Gasteiger partial charge in [-0.1, -0.05) is 0 Å². The van der Waals surface area contributed by atoms with Gasteiger partial charge in [-0.05, 0) is 45.4 Å². The first-order valence-corrected chi connectivity index (χ1v) is 7.31. The Morgan fingerprint density at radius 2 is 1.88 bits per heavy atom. The number of rotatable bonds is 4. The summed E-state index contributed by atoms with van der Waals surface area (Å²) in [4.78, 5) is 2.72. The Morgan fingerprint density at radius 3 is 2.53 bits per heavy atom. The predicted octanol–water partition coefficient (Wildman–Crippen LogP) is 1.77. The summed E-state index contributed by atoms with van der Waals surface area (Å²) in [5, 5.41) is 3.86. The molecule has 1 N–H and O–H groups in total. The van der Waals surface area contributed by atoms with Crippen LogP contribution in [0.1, 0.15) is 45.4 Å². The largest absolute Gasteiger partial charge is 0.381 e. The minimum Gasteiger partial charge on any atom is -0.381 e. The molecule has 0 bridgehead atoms. The van der Waals surface area contributed by atoms with Gasteiger partial charge in [-0.25, -0.2) is 0 Å². The number of hydrogen-bond acceptors (Lipinski definition) is 3. The molecule has 2 saturated carbocycles. The summed E-state index contributed by atoms with van der Waals surface area (Å²) in [6, 6.07) is 3.15. The van der Waals surface area contributed by atoms with Crippen LogP contribution in [-0.2, 0) is 4.74 Å². The topological polar surface area (TPSA) is 24.5 Å². The molecule has 0 aromatic rings. The maximum Gasteiger partial charge on any atom is 0.0586 e. The fraction of sp³-hybridized carbons (Fsp3) is 1.00. The molecular formula is C14H26N2O. The summed E-state index contributed by atoms with van der Waals surface area (Å²) in [6.07, 6.45) is 8.47.